The van der Waals surface area contributed by atoms with E-state index in [1.807, 2.05) is 12.1 Å². The highest BCUT2D eigenvalue weighted by molar-refractivity contribution is 5.76. The number of carbonyl (C=O) groups excluding carboxylic acids is 1. The average Bonchev–Trinajstić information content (AvgIpc) is 2.95. The smallest absolute Gasteiger partial charge is 0.323 e. The molecule has 4 heteroatoms. The highest BCUT2D eigenvalue weighted by Crippen LogP contribution is 2.28. The van der Waals surface area contributed by atoms with Gasteiger partial charge in [0, 0.05) is 13.0 Å². The number of ether oxygens (including phenoxy) is 2. The monoisotopic (exact) mass is 291 g/mol. The minimum Gasteiger partial charge on any atom is -0.489 e. The number of carbonyl (C=O) groups is 1. The highest BCUT2D eigenvalue weighted by Gasteiger charge is 2.31. The van der Waals surface area contributed by atoms with Crippen molar-refractivity contribution in [3.05, 3.63) is 29.8 Å². The summed E-state index contributed by atoms with van der Waals surface area (Å²) in [6.45, 7) is 7.35. The van der Waals surface area contributed by atoms with Crippen LogP contribution in [0.1, 0.15) is 39.2 Å². The van der Waals surface area contributed by atoms with E-state index in [4.69, 9.17) is 9.47 Å². The first-order valence-electron chi connectivity index (χ1n) is 7.54. The van der Waals surface area contributed by atoms with Crippen LogP contribution >= 0.6 is 0 Å². The van der Waals surface area contributed by atoms with Crippen molar-refractivity contribution in [1.29, 1.82) is 0 Å². The van der Waals surface area contributed by atoms with Crippen molar-refractivity contribution in [2.45, 2.75) is 51.2 Å². The van der Waals surface area contributed by atoms with Crippen molar-refractivity contribution in [1.82, 2.24) is 5.32 Å². The summed E-state index contributed by atoms with van der Waals surface area (Å²) < 4.78 is 10.7. The topological polar surface area (TPSA) is 47.6 Å². The van der Waals surface area contributed by atoms with Gasteiger partial charge in [0.05, 0.1) is 7.11 Å². The number of rotatable bonds is 5. The van der Waals surface area contributed by atoms with Crippen LogP contribution in [0.2, 0.25) is 0 Å². The lowest BCUT2D eigenvalue weighted by molar-refractivity contribution is -0.142. The molecule has 0 radical (unpaired) electrons. The molecule has 21 heavy (non-hydrogen) atoms. The Labute approximate surface area is 126 Å². The number of nitrogens with one attached hydrogen (secondary N) is 1. The highest BCUT2D eigenvalue weighted by atomic mass is 16.5. The van der Waals surface area contributed by atoms with Crippen molar-refractivity contribution in [3.63, 3.8) is 0 Å². The van der Waals surface area contributed by atoms with E-state index in [1.54, 1.807) is 0 Å². The van der Waals surface area contributed by atoms with Gasteiger partial charge in [-0.1, -0.05) is 32.9 Å². The maximum Gasteiger partial charge on any atom is 0.323 e. The Hall–Kier alpha value is -1.55. The first kappa shape index (κ1) is 15.8. The van der Waals surface area contributed by atoms with Crippen LogP contribution in [0.15, 0.2) is 24.3 Å². The Morgan fingerprint density at radius 1 is 1.33 bits per heavy atom. The maximum absolute atomic E-state index is 11.5. The Morgan fingerprint density at radius 2 is 2.00 bits per heavy atom. The van der Waals surface area contributed by atoms with E-state index in [0.29, 0.717) is 13.0 Å². The second-order valence-corrected chi connectivity index (χ2v) is 6.22. The Bertz CT molecular complexity index is 481. The largest absolute Gasteiger partial charge is 0.489 e. The van der Waals surface area contributed by atoms with Crippen molar-refractivity contribution in [3.8, 4) is 5.75 Å². The van der Waals surface area contributed by atoms with E-state index in [9.17, 15) is 4.79 Å². The van der Waals surface area contributed by atoms with E-state index in [0.717, 1.165) is 12.2 Å². The van der Waals surface area contributed by atoms with Crippen LogP contribution in [0.25, 0.3) is 0 Å². The minimum atomic E-state index is -0.252. The van der Waals surface area contributed by atoms with Crippen molar-refractivity contribution in [2.75, 3.05) is 13.7 Å². The third-order valence-corrected chi connectivity index (χ3v) is 4.40. The molecule has 0 aliphatic carbocycles. The van der Waals surface area contributed by atoms with Gasteiger partial charge in [0.1, 0.15) is 17.9 Å². The van der Waals surface area contributed by atoms with Crippen LogP contribution in [0, 0.1) is 0 Å². The summed E-state index contributed by atoms with van der Waals surface area (Å²) in [5, 5.41) is 3.12. The summed E-state index contributed by atoms with van der Waals surface area (Å²) in [5.41, 5.74) is 1.50. The molecule has 1 heterocycles. The molecule has 1 saturated heterocycles. The van der Waals surface area contributed by atoms with Gasteiger partial charge in [0.15, 0.2) is 0 Å². The van der Waals surface area contributed by atoms with Crippen molar-refractivity contribution in [2.24, 2.45) is 0 Å². The summed E-state index contributed by atoms with van der Waals surface area (Å²) in [5.74, 6) is 0.629. The molecule has 116 valence electrons. The SMILES string of the molecule is CCC(C)(C)c1ccc(O[C@H]2CN[C@@H](C(=O)OC)C2)cc1. The summed E-state index contributed by atoms with van der Waals surface area (Å²) >= 11 is 0. The standard InChI is InChI=1S/C17H25NO3/c1-5-17(2,3)12-6-8-13(9-7-12)21-14-10-15(18-11-14)16(19)20-4/h6-9,14-15,18H,5,10-11H2,1-4H3/t14-,15-/m1/s1. The van der Waals surface area contributed by atoms with E-state index in [2.05, 4.69) is 38.2 Å². The van der Waals surface area contributed by atoms with Gasteiger partial charge in [-0.3, -0.25) is 4.79 Å². The van der Waals surface area contributed by atoms with Gasteiger partial charge in [-0.25, -0.2) is 0 Å². The molecule has 0 amide bonds. The molecule has 1 aromatic carbocycles. The van der Waals surface area contributed by atoms with E-state index < -0.39 is 0 Å². The van der Waals surface area contributed by atoms with Crippen molar-refractivity contribution >= 4 is 5.97 Å². The third kappa shape index (κ3) is 3.76. The van der Waals surface area contributed by atoms with Gasteiger partial charge in [0.2, 0.25) is 0 Å². The number of esters is 1. The predicted octanol–water partition coefficient (Wildman–Crippen LogP) is 2.66. The first-order chi connectivity index (χ1) is 9.96. The lowest BCUT2D eigenvalue weighted by Gasteiger charge is -2.23. The van der Waals surface area contributed by atoms with Crippen LogP contribution in [-0.4, -0.2) is 31.8 Å². The minimum absolute atomic E-state index is 0.0131. The van der Waals surface area contributed by atoms with Gasteiger partial charge in [-0.15, -0.1) is 0 Å². The summed E-state index contributed by atoms with van der Waals surface area (Å²) in [6, 6.07) is 8.02. The molecule has 1 fully saturated rings. The molecule has 1 aliphatic heterocycles. The Morgan fingerprint density at radius 3 is 2.57 bits per heavy atom. The number of hydrogen-bond acceptors (Lipinski definition) is 4. The van der Waals surface area contributed by atoms with Crippen LogP contribution in [0.3, 0.4) is 0 Å². The fourth-order valence-electron chi connectivity index (χ4n) is 2.50. The van der Waals surface area contributed by atoms with Crippen LogP contribution in [0.5, 0.6) is 5.75 Å². The Balaban J connectivity index is 1.94. The van der Waals surface area contributed by atoms with E-state index in [-0.39, 0.29) is 23.5 Å². The molecule has 2 rings (SSSR count). The summed E-state index contributed by atoms with van der Waals surface area (Å²) in [6.07, 6.45) is 1.76. The zero-order valence-electron chi connectivity index (χ0n) is 13.3. The van der Waals surface area contributed by atoms with Crippen molar-refractivity contribution < 1.29 is 14.3 Å². The summed E-state index contributed by atoms with van der Waals surface area (Å²) in [4.78, 5) is 11.5. The summed E-state index contributed by atoms with van der Waals surface area (Å²) in [7, 11) is 1.41. The molecular weight excluding hydrogens is 266 g/mol. The van der Waals surface area contributed by atoms with Crippen LogP contribution in [-0.2, 0) is 14.9 Å². The van der Waals surface area contributed by atoms with Crippen LogP contribution < -0.4 is 10.1 Å². The quantitative estimate of drug-likeness (QED) is 0.847. The maximum atomic E-state index is 11.5. The molecule has 0 saturated carbocycles. The van der Waals surface area contributed by atoms with Crippen LogP contribution in [0.4, 0.5) is 0 Å². The molecule has 0 aromatic heterocycles. The molecule has 2 atom stereocenters. The molecule has 1 aliphatic rings. The Kier molecular flexibility index (Phi) is 4.88. The fourth-order valence-corrected chi connectivity index (χ4v) is 2.50. The second-order valence-electron chi connectivity index (χ2n) is 6.22. The molecule has 4 nitrogen and oxygen atoms in total. The normalized spacial score (nSPS) is 22.1. The third-order valence-electron chi connectivity index (χ3n) is 4.40. The molecule has 1 aromatic rings. The molecule has 1 N–H and O–H groups in total. The lowest BCUT2D eigenvalue weighted by Crippen LogP contribution is -2.31. The second kappa shape index (κ2) is 6.48. The molecule has 0 unspecified atom stereocenters. The first-order valence-corrected chi connectivity index (χ1v) is 7.54. The zero-order chi connectivity index (χ0) is 15.5. The van der Waals surface area contributed by atoms with Gasteiger partial charge >= 0.3 is 5.97 Å². The van der Waals surface area contributed by atoms with Gasteiger partial charge in [0.25, 0.3) is 0 Å². The number of hydrogen-bond donors (Lipinski definition) is 1. The van der Waals surface area contributed by atoms with E-state index in [1.165, 1.54) is 12.7 Å². The molecule has 0 bridgehead atoms. The predicted molar refractivity (Wildman–Crippen MR) is 82.6 cm³/mol. The average molecular weight is 291 g/mol. The fraction of sp³-hybridized carbons (Fsp3) is 0.588. The van der Waals surface area contributed by atoms with Gasteiger partial charge in [-0.2, -0.15) is 0 Å². The van der Waals surface area contributed by atoms with Gasteiger partial charge < -0.3 is 14.8 Å². The molecular formula is C17H25NO3. The number of methoxy groups -OCH3 is 1. The zero-order valence-corrected chi connectivity index (χ0v) is 13.3. The molecule has 0 spiro atoms. The number of benzene rings is 1. The van der Waals surface area contributed by atoms with Gasteiger partial charge in [-0.05, 0) is 29.5 Å². The lowest BCUT2D eigenvalue weighted by atomic mass is 9.82. The van der Waals surface area contributed by atoms with E-state index >= 15 is 0 Å².